The quantitative estimate of drug-likeness (QED) is 0.314. The molecule has 0 unspecified atom stereocenters. The fourth-order valence-electron chi connectivity index (χ4n) is 3.82. The first-order valence-electron chi connectivity index (χ1n) is 10.4. The lowest BCUT2D eigenvalue weighted by atomic mass is 10.0. The molecule has 0 amide bonds. The molecular weight excluding hydrogens is 401 g/mol. The zero-order chi connectivity index (χ0) is 22.2. The third kappa shape index (κ3) is 3.60. The van der Waals surface area contributed by atoms with E-state index in [4.69, 9.17) is 0 Å². The molecule has 0 saturated carbocycles. The van der Waals surface area contributed by atoms with E-state index in [2.05, 4.69) is 37.3 Å². The fourth-order valence-corrected chi connectivity index (χ4v) is 3.82. The molecule has 5 aromatic rings. The summed E-state index contributed by atoms with van der Waals surface area (Å²) in [7, 11) is 0. The minimum Gasteiger partial charge on any atom is -0.353 e. The van der Waals surface area contributed by atoms with Crippen molar-refractivity contribution < 1.29 is 4.39 Å². The number of hydrogen-bond donors (Lipinski definition) is 2. The van der Waals surface area contributed by atoms with Gasteiger partial charge < -0.3 is 4.98 Å². The molecule has 5 rings (SSSR count). The molecule has 32 heavy (non-hydrogen) atoms. The first kappa shape index (κ1) is 19.9. The van der Waals surface area contributed by atoms with Crippen LogP contribution in [0.15, 0.2) is 72.0 Å². The Labute approximate surface area is 184 Å². The smallest absolute Gasteiger partial charge is 0.181 e. The zero-order valence-corrected chi connectivity index (χ0v) is 18.1. The van der Waals surface area contributed by atoms with Crippen LogP contribution in [-0.4, -0.2) is 25.9 Å². The van der Waals surface area contributed by atoms with Crippen molar-refractivity contribution in [2.75, 3.05) is 0 Å². The molecule has 0 radical (unpaired) electrons. The molecule has 0 aliphatic carbocycles. The van der Waals surface area contributed by atoms with Crippen molar-refractivity contribution >= 4 is 33.2 Å². The van der Waals surface area contributed by atoms with Gasteiger partial charge in [-0.3, -0.25) is 10.1 Å². The topological polar surface area (TPSA) is 69.7 Å². The van der Waals surface area contributed by atoms with Gasteiger partial charge in [-0.2, -0.15) is 5.10 Å². The number of fused-ring (bicyclic) bond motifs is 2. The number of hydrogen-bond acceptors (Lipinski definition) is 3. The van der Waals surface area contributed by atoms with Crippen molar-refractivity contribution in [1.29, 1.82) is 0 Å². The van der Waals surface area contributed by atoms with Crippen LogP contribution in [0.3, 0.4) is 0 Å². The first-order chi connectivity index (χ1) is 15.5. The summed E-state index contributed by atoms with van der Waals surface area (Å²) in [6.45, 7) is 5.95. The van der Waals surface area contributed by atoms with E-state index in [1.165, 1.54) is 6.07 Å². The number of pyridine rings is 1. The number of aliphatic imine (C=N–C) groups is 1. The largest absolute Gasteiger partial charge is 0.353 e. The Morgan fingerprint density at radius 2 is 1.84 bits per heavy atom. The number of aromatic amines is 2. The summed E-state index contributed by atoms with van der Waals surface area (Å²) in [5.74, 6) is -0.251. The highest BCUT2D eigenvalue weighted by Crippen LogP contribution is 2.34. The number of nitrogens with zero attached hydrogens (tertiary/aromatic N) is 3. The van der Waals surface area contributed by atoms with Gasteiger partial charge in [0.25, 0.3) is 0 Å². The van der Waals surface area contributed by atoms with Crippen molar-refractivity contribution in [3.8, 4) is 22.5 Å². The van der Waals surface area contributed by atoms with Crippen LogP contribution in [0.4, 0.5) is 4.39 Å². The third-order valence-corrected chi connectivity index (χ3v) is 5.45. The van der Waals surface area contributed by atoms with E-state index in [1.54, 1.807) is 12.1 Å². The predicted octanol–water partition coefficient (Wildman–Crippen LogP) is 6.75. The maximum absolute atomic E-state index is 13.8. The highest BCUT2D eigenvalue weighted by Gasteiger charge is 2.14. The highest BCUT2D eigenvalue weighted by atomic mass is 19.1. The van der Waals surface area contributed by atoms with Crippen LogP contribution in [0.1, 0.15) is 26.3 Å². The first-order valence-corrected chi connectivity index (χ1v) is 10.4. The summed E-state index contributed by atoms with van der Waals surface area (Å²) in [6.07, 6.45) is 3.67. The highest BCUT2D eigenvalue weighted by molar-refractivity contribution is 6.01. The SMILES string of the molecule is CC(C)=N/C=C(\C)c1cnc2n[nH]c(-c3cc4c(-c5cccc(F)c5)cccc4[nH]3)c2c1. The maximum Gasteiger partial charge on any atom is 0.181 e. The lowest BCUT2D eigenvalue weighted by Gasteiger charge is -2.03. The number of benzene rings is 2. The third-order valence-electron chi connectivity index (χ3n) is 5.45. The summed E-state index contributed by atoms with van der Waals surface area (Å²) in [6, 6.07) is 16.8. The van der Waals surface area contributed by atoms with Crippen LogP contribution in [0, 0.1) is 5.82 Å². The molecule has 5 nitrogen and oxygen atoms in total. The Kier molecular flexibility index (Phi) is 4.90. The monoisotopic (exact) mass is 423 g/mol. The van der Waals surface area contributed by atoms with Gasteiger partial charge in [-0.15, -0.1) is 0 Å². The van der Waals surface area contributed by atoms with Gasteiger partial charge in [0.05, 0.1) is 11.4 Å². The summed E-state index contributed by atoms with van der Waals surface area (Å²) < 4.78 is 13.8. The second-order valence-electron chi connectivity index (χ2n) is 8.04. The Bertz CT molecular complexity index is 1520. The molecule has 0 atom stereocenters. The Balaban J connectivity index is 1.63. The van der Waals surface area contributed by atoms with Gasteiger partial charge in [-0.25, -0.2) is 9.37 Å². The number of allylic oxidation sites excluding steroid dienone is 1. The number of halogens is 1. The summed E-state index contributed by atoms with van der Waals surface area (Å²) in [4.78, 5) is 12.4. The number of nitrogens with one attached hydrogen (secondary N) is 2. The van der Waals surface area contributed by atoms with Gasteiger partial charge >= 0.3 is 0 Å². The summed E-state index contributed by atoms with van der Waals surface area (Å²) >= 11 is 0. The van der Waals surface area contributed by atoms with Gasteiger partial charge in [-0.1, -0.05) is 24.3 Å². The van der Waals surface area contributed by atoms with Crippen LogP contribution >= 0.6 is 0 Å². The molecule has 6 heteroatoms. The number of H-pyrrole nitrogens is 2. The molecule has 0 fully saturated rings. The number of rotatable bonds is 4. The van der Waals surface area contributed by atoms with Crippen LogP contribution in [0.5, 0.6) is 0 Å². The molecule has 2 N–H and O–H groups in total. The van der Waals surface area contributed by atoms with E-state index < -0.39 is 0 Å². The molecule has 3 aromatic heterocycles. The van der Waals surface area contributed by atoms with E-state index in [0.29, 0.717) is 5.65 Å². The van der Waals surface area contributed by atoms with Crippen molar-refractivity contribution in [3.63, 3.8) is 0 Å². The Hall–Kier alpha value is -4.06. The van der Waals surface area contributed by atoms with E-state index in [9.17, 15) is 4.39 Å². The lowest BCUT2D eigenvalue weighted by molar-refractivity contribution is 0.628. The van der Waals surface area contributed by atoms with Gasteiger partial charge in [0, 0.05) is 34.4 Å². The van der Waals surface area contributed by atoms with Gasteiger partial charge in [0.2, 0.25) is 0 Å². The van der Waals surface area contributed by atoms with Gasteiger partial charge in [0.1, 0.15) is 5.82 Å². The molecule has 2 aromatic carbocycles. The van der Waals surface area contributed by atoms with Crippen molar-refractivity contribution in [1.82, 2.24) is 20.2 Å². The van der Waals surface area contributed by atoms with Gasteiger partial charge in [0.15, 0.2) is 5.65 Å². The fraction of sp³-hybridized carbons (Fsp3) is 0.115. The second-order valence-corrected chi connectivity index (χ2v) is 8.04. The minimum atomic E-state index is -0.251. The summed E-state index contributed by atoms with van der Waals surface area (Å²) in [5, 5.41) is 9.44. The molecule has 3 heterocycles. The minimum absolute atomic E-state index is 0.251. The normalized spacial score (nSPS) is 11.9. The van der Waals surface area contributed by atoms with Crippen LogP contribution < -0.4 is 0 Å². The predicted molar refractivity (Wildman–Crippen MR) is 129 cm³/mol. The molecule has 0 bridgehead atoms. The Morgan fingerprint density at radius 3 is 2.66 bits per heavy atom. The molecular formula is C26H22FN5. The van der Waals surface area contributed by atoms with Crippen molar-refractivity contribution in [2.24, 2.45) is 4.99 Å². The Morgan fingerprint density at radius 1 is 1.00 bits per heavy atom. The molecule has 158 valence electrons. The van der Waals surface area contributed by atoms with E-state index in [1.807, 2.05) is 57.4 Å². The summed E-state index contributed by atoms with van der Waals surface area (Å²) in [5.41, 5.74) is 8.20. The lowest BCUT2D eigenvalue weighted by Crippen LogP contribution is -1.85. The maximum atomic E-state index is 13.8. The molecule has 0 aliphatic rings. The average Bonchev–Trinajstić information content (AvgIpc) is 3.40. The van der Waals surface area contributed by atoms with E-state index in [0.717, 1.165) is 55.7 Å². The molecule has 0 spiro atoms. The number of aromatic nitrogens is 4. The second kappa shape index (κ2) is 7.89. The molecule has 0 saturated heterocycles. The van der Waals surface area contributed by atoms with Crippen molar-refractivity contribution in [3.05, 3.63) is 78.4 Å². The zero-order valence-electron chi connectivity index (χ0n) is 18.1. The van der Waals surface area contributed by atoms with Crippen LogP contribution in [-0.2, 0) is 0 Å². The van der Waals surface area contributed by atoms with E-state index >= 15 is 0 Å². The van der Waals surface area contributed by atoms with E-state index in [-0.39, 0.29) is 5.82 Å². The standard InChI is InChI=1S/C26H22FN5/c1-15(2)28-13-16(3)18-11-22-25(31-32-26(22)29-14-18)24-12-21-20(8-5-9-23(21)30-24)17-6-4-7-19(27)10-17/h4-14,30H,1-3H3,(H,29,31,32)/b16-13+. The average molecular weight is 423 g/mol. The molecule has 0 aliphatic heterocycles. The van der Waals surface area contributed by atoms with Crippen LogP contribution in [0.25, 0.3) is 50.0 Å². The van der Waals surface area contributed by atoms with Crippen molar-refractivity contribution in [2.45, 2.75) is 20.8 Å². The van der Waals surface area contributed by atoms with Gasteiger partial charge in [-0.05, 0) is 73.4 Å². The van der Waals surface area contributed by atoms with Crippen LogP contribution in [0.2, 0.25) is 0 Å².